The summed E-state index contributed by atoms with van der Waals surface area (Å²) >= 11 is 6.13. The third kappa shape index (κ3) is 1.84. The minimum Gasteiger partial charge on any atom is -0.310 e. The van der Waals surface area contributed by atoms with Gasteiger partial charge in [-0.3, -0.25) is 4.79 Å². The molecule has 1 atom stereocenters. The molecule has 90 valence electrons. The largest absolute Gasteiger partial charge is 0.310 e. The Balaban J connectivity index is 2.15. The van der Waals surface area contributed by atoms with E-state index in [0.717, 1.165) is 11.1 Å². The van der Waals surface area contributed by atoms with Crippen molar-refractivity contribution >= 4 is 23.3 Å². The first-order valence-electron chi connectivity index (χ1n) is 5.61. The molecule has 0 bridgehead atoms. The zero-order chi connectivity index (χ0) is 12.5. The highest BCUT2D eigenvalue weighted by Crippen LogP contribution is 2.38. The number of nitrogens with zero attached hydrogens (tertiary/aromatic N) is 2. The van der Waals surface area contributed by atoms with Crippen LogP contribution >= 0.6 is 11.6 Å². The van der Waals surface area contributed by atoms with E-state index in [1.54, 1.807) is 0 Å². The molecule has 0 saturated heterocycles. The molecule has 4 nitrogen and oxygen atoms in total. The Kier molecular flexibility index (Phi) is 2.72. The van der Waals surface area contributed by atoms with Gasteiger partial charge in [-0.25, -0.2) is 9.97 Å². The lowest BCUT2D eigenvalue weighted by Crippen LogP contribution is -2.25. The Morgan fingerprint density at radius 3 is 2.78 bits per heavy atom. The summed E-state index contributed by atoms with van der Waals surface area (Å²) in [6, 6.07) is 9.79. The Labute approximate surface area is 109 Å². The van der Waals surface area contributed by atoms with Gasteiger partial charge in [-0.15, -0.1) is 0 Å². The third-order valence-electron chi connectivity index (χ3n) is 3.03. The number of carbonyl (C=O) groups excluding carboxylic acids is 1. The maximum atomic E-state index is 11.7. The lowest BCUT2D eigenvalue weighted by molar-refractivity contribution is -0.116. The summed E-state index contributed by atoms with van der Waals surface area (Å²) in [6.45, 7) is 0. The van der Waals surface area contributed by atoms with Crippen LogP contribution in [0.3, 0.4) is 0 Å². The molecule has 0 saturated carbocycles. The van der Waals surface area contributed by atoms with Crippen LogP contribution in [-0.4, -0.2) is 15.9 Å². The maximum Gasteiger partial charge on any atom is 0.226 e. The molecule has 1 N–H and O–H groups in total. The maximum absolute atomic E-state index is 11.7. The number of rotatable bonds is 1. The van der Waals surface area contributed by atoms with Gasteiger partial charge in [0.15, 0.2) is 0 Å². The van der Waals surface area contributed by atoms with Crippen molar-refractivity contribution < 1.29 is 4.79 Å². The number of benzene rings is 1. The van der Waals surface area contributed by atoms with E-state index >= 15 is 0 Å². The van der Waals surface area contributed by atoms with Crippen molar-refractivity contribution in [2.45, 2.75) is 12.3 Å². The standard InChI is InChI=1S/C13H10ClN3O/c14-12-11-9(8-4-2-1-3-5-8)6-10(18)17-13(11)16-7-15-12/h1-5,7,9H,6H2,(H,15,16,17,18). The van der Waals surface area contributed by atoms with Crippen LogP contribution in [0.15, 0.2) is 36.7 Å². The van der Waals surface area contributed by atoms with E-state index in [0.29, 0.717) is 17.4 Å². The highest BCUT2D eigenvalue weighted by atomic mass is 35.5. The Bertz CT molecular complexity index is 600. The van der Waals surface area contributed by atoms with E-state index < -0.39 is 0 Å². The van der Waals surface area contributed by atoms with Crippen molar-refractivity contribution in [3.63, 3.8) is 0 Å². The van der Waals surface area contributed by atoms with Gasteiger partial charge in [-0.1, -0.05) is 41.9 Å². The number of hydrogen-bond donors (Lipinski definition) is 1. The molecule has 0 spiro atoms. The molecule has 1 amide bonds. The summed E-state index contributed by atoms with van der Waals surface area (Å²) in [5.41, 5.74) is 1.84. The second-order valence-corrected chi connectivity index (χ2v) is 4.50. The summed E-state index contributed by atoms with van der Waals surface area (Å²) in [7, 11) is 0. The molecule has 0 aliphatic carbocycles. The molecule has 1 aromatic carbocycles. The van der Waals surface area contributed by atoms with Crippen molar-refractivity contribution in [1.29, 1.82) is 0 Å². The van der Waals surface area contributed by atoms with Crippen molar-refractivity contribution in [3.8, 4) is 0 Å². The molecule has 0 radical (unpaired) electrons. The summed E-state index contributed by atoms with van der Waals surface area (Å²) in [5.74, 6) is 0.384. The summed E-state index contributed by atoms with van der Waals surface area (Å²) in [5, 5.41) is 3.12. The lowest BCUT2D eigenvalue weighted by Gasteiger charge is -2.25. The molecule has 1 unspecified atom stereocenters. The quantitative estimate of drug-likeness (QED) is 0.801. The van der Waals surface area contributed by atoms with E-state index in [9.17, 15) is 4.79 Å². The number of halogens is 1. The van der Waals surface area contributed by atoms with Crippen LogP contribution in [0.5, 0.6) is 0 Å². The van der Waals surface area contributed by atoms with Gasteiger partial charge in [-0.2, -0.15) is 0 Å². The molecule has 2 heterocycles. The highest BCUT2D eigenvalue weighted by Gasteiger charge is 2.29. The fourth-order valence-electron chi connectivity index (χ4n) is 2.22. The molecule has 18 heavy (non-hydrogen) atoms. The van der Waals surface area contributed by atoms with E-state index in [1.807, 2.05) is 30.3 Å². The molecule has 0 fully saturated rings. The lowest BCUT2D eigenvalue weighted by atomic mass is 9.87. The first-order chi connectivity index (χ1) is 8.75. The van der Waals surface area contributed by atoms with Crippen LogP contribution < -0.4 is 5.32 Å². The molecule has 3 rings (SSSR count). The second kappa shape index (κ2) is 4.38. The van der Waals surface area contributed by atoms with Gasteiger partial charge in [0.2, 0.25) is 5.91 Å². The fourth-order valence-corrected chi connectivity index (χ4v) is 2.49. The predicted molar refractivity (Wildman–Crippen MR) is 68.6 cm³/mol. The third-order valence-corrected chi connectivity index (χ3v) is 3.33. The topological polar surface area (TPSA) is 54.9 Å². The minimum atomic E-state index is -0.0800. The molecule has 1 aliphatic heterocycles. The zero-order valence-corrected chi connectivity index (χ0v) is 10.2. The second-order valence-electron chi connectivity index (χ2n) is 4.14. The van der Waals surface area contributed by atoms with Crippen molar-refractivity contribution in [2.24, 2.45) is 0 Å². The van der Waals surface area contributed by atoms with Crippen LogP contribution in [0.2, 0.25) is 5.15 Å². The zero-order valence-electron chi connectivity index (χ0n) is 9.43. The van der Waals surface area contributed by atoms with Gasteiger partial charge in [0.1, 0.15) is 17.3 Å². The number of fused-ring (bicyclic) bond motifs is 1. The van der Waals surface area contributed by atoms with Gasteiger partial charge < -0.3 is 5.32 Å². The van der Waals surface area contributed by atoms with Crippen molar-refractivity contribution in [1.82, 2.24) is 9.97 Å². The van der Waals surface area contributed by atoms with Crippen LogP contribution in [0.25, 0.3) is 0 Å². The van der Waals surface area contributed by atoms with Crippen LogP contribution in [0, 0.1) is 0 Å². The van der Waals surface area contributed by atoms with E-state index in [2.05, 4.69) is 15.3 Å². The molecule has 2 aromatic rings. The summed E-state index contributed by atoms with van der Waals surface area (Å²) in [6.07, 6.45) is 1.72. The average molecular weight is 260 g/mol. The first-order valence-corrected chi connectivity index (χ1v) is 5.98. The van der Waals surface area contributed by atoms with Crippen molar-refractivity contribution in [3.05, 3.63) is 52.9 Å². The number of amides is 1. The Morgan fingerprint density at radius 2 is 2.00 bits per heavy atom. The van der Waals surface area contributed by atoms with Gasteiger partial charge in [0.25, 0.3) is 0 Å². The SMILES string of the molecule is O=C1CC(c2ccccc2)c2c(Cl)ncnc2N1. The molecule has 1 aromatic heterocycles. The average Bonchev–Trinajstić information content (AvgIpc) is 2.39. The van der Waals surface area contributed by atoms with E-state index in [4.69, 9.17) is 11.6 Å². The van der Waals surface area contributed by atoms with Crippen molar-refractivity contribution in [2.75, 3.05) is 5.32 Å². The number of anilines is 1. The number of carbonyl (C=O) groups is 1. The molecular formula is C13H10ClN3O. The van der Waals surface area contributed by atoms with E-state index in [-0.39, 0.29) is 11.8 Å². The Hall–Kier alpha value is -1.94. The van der Waals surface area contributed by atoms with Crippen LogP contribution in [-0.2, 0) is 4.79 Å². The number of hydrogen-bond acceptors (Lipinski definition) is 3. The number of aromatic nitrogens is 2. The molecule has 5 heteroatoms. The monoisotopic (exact) mass is 259 g/mol. The van der Waals surface area contributed by atoms with Gasteiger partial charge >= 0.3 is 0 Å². The van der Waals surface area contributed by atoms with Gasteiger partial charge in [0, 0.05) is 17.9 Å². The van der Waals surface area contributed by atoms with Gasteiger partial charge in [-0.05, 0) is 5.56 Å². The first kappa shape index (κ1) is 11.2. The Morgan fingerprint density at radius 1 is 1.22 bits per heavy atom. The minimum absolute atomic E-state index is 0.0499. The number of nitrogens with one attached hydrogen (secondary N) is 1. The molecular weight excluding hydrogens is 250 g/mol. The fraction of sp³-hybridized carbons (Fsp3) is 0.154. The summed E-state index contributed by atoms with van der Waals surface area (Å²) < 4.78 is 0. The van der Waals surface area contributed by atoms with E-state index in [1.165, 1.54) is 6.33 Å². The normalized spacial score (nSPS) is 18.1. The molecule has 1 aliphatic rings. The smallest absolute Gasteiger partial charge is 0.226 e. The predicted octanol–water partition coefficient (Wildman–Crippen LogP) is 2.60. The van der Waals surface area contributed by atoms with Gasteiger partial charge in [0.05, 0.1) is 0 Å². The summed E-state index contributed by atoms with van der Waals surface area (Å²) in [4.78, 5) is 19.8. The highest BCUT2D eigenvalue weighted by molar-refractivity contribution is 6.30. The van der Waals surface area contributed by atoms with Crippen LogP contribution in [0.1, 0.15) is 23.5 Å². The van der Waals surface area contributed by atoms with Crippen LogP contribution in [0.4, 0.5) is 5.82 Å².